The van der Waals surface area contributed by atoms with Gasteiger partial charge < -0.3 is 9.59 Å². The van der Waals surface area contributed by atoms with E-state index in [-0.39, 0.29) is 0 Å². The number of hydrogen-bond acceptors (Lipinski definition) is 1. The molecule has 0 amide bonds. The fraction of sp³-hybridized carbons (Fsp3) is 0.800. The maximum absolute atomic E-state index is 10.2. The summed E-state index contributed by atoms with van der Waals surface area (Å²) in [6.07, 6.45) is 0. The second-order valence-electron chi connectivity index (χ2n) is 2.24. The molecular weight excluding hydrogens is 106 g/mol. The number of hydrogen-bond donors (Lipinski definition) is 1. The highest BCUT2D eigenvalue weighted by Crippen LogP contribution is 1.86. The van der Waals surface area contributed by atoms with Crippen LogP contribution in [0.25, 0.3) is 0 Å². The Kier molecular flexibility index (Phi) is 0.921. The first-order valence-electron chi connectivity index (χ1n) is 3.72. The second-order valence-corrected chi connectivity index (χ2v) is 2.24. The van der Waals surface area contributed by atoms with Gasteiger partial charge in [-0.15, -0.1) is 0 Å². The van der Waals surface area contributed by atoms with Gasteiger partial charge in [0, 0.05) is 0 Å². The molecule has 0 aromatic rings. The average molecular weight is 121 g/mol. The first kappa shape index (κ1) is 3.45. The third-order valence-corrected chi connectivity index (χ3v) is 0.531. The molecule has 48 valence electrons. The topological polar surface area (TPSA) is 37.3 Å². The van der Waals surface area contributed by atoms with Crippen LogP contribution in [0.15, 0.2) is 0 Å². The number of aliphatic carboxylic acids is 1. The number of carboxylic acids is 1. The molecule has 0 rings (SSSR count). The van der Waals surface area contributed by atoms with Crippen molar-refractivity contribution in [2.45, 2.75) is 0 Å². The van der Waals surface area contributed by atoms with E-state index in [4.69, 9.17) is 9.22 Å². The third-order valence-electron chi connectivity index (χ3n) is 0.531. The fourth-order valence-corrected chi connectivity index (χ4v) is 0.338. The van der Waals surface area contributed by atoms with Gasteiger partial charge in [-0.3, -0.25) is 0 Å². The molecule has 0 saturated heterocycles. The van der Waals surface area contributed by atoms with Crippen molar-refractivity contribution in [1.29, 1.82) is 0 Å². The minimum absolute atomic E-state index is 0.392. The van der Waals surface area contributed by atoms with Gasteiger partial charge in [-0.1, -0.05) is 0 Å². The van der Waals surface area contributed by atoms with Crippen LogP contribution in [0, 0.1) is 0 Å². The summed E-state index contributed by atoms with van der Waals surface area (Å²) in [5.41, 5.74) is 0. The number of likely N-dealkylation sites (N-methyl/N-ethyl adjacent to an activating group) is 1. The predicted molar refractivity (Wildman–Crippen MR) is 30.5 cm³/mol. The molecule has 0 bridgehead atoms. The predicted octanol–water partition coefficient (Wildman–Crippen LogP) is -0.223. The number of quaternary nitrogens is 1. The van der Waals surface area contributed by atoms with E-state index in [9.17, 15) is 4.79 Å². The Bertz CT molecular complexity index is 164. The van der Waals surface area contributed by atoms with Crippen LogP contribution in [0.5, 0.6) is 0 Å². The Morgan fingerprint density at radius 1 is 1.88 bits per heavy atom. The molecule has 3 heteroatoms. The van der Waals surface area contributed by atoms with Gasteiger partial charge in [0.15, 0.2) is 6.54 Å². The van der Waals surface area contributed by atoms with Crippen molar-refractivity contribution in [3.05, 3.63) is 0 Å². The molecule has 0 aliphatic rings. The van der Waals surface area contributed by atoms with E-state index in [1.165, 1.54) is 14.1 Å². The van der Waals surface area contributed by atoms with Gasteiger partial charge >= 0.3 is 5.97 Å². The fourth-order valence-electron chi connectivity index (χ4n) is 0.338. The summed E-state index contributed by atoms with van der Waals surface area (Å²) >= 11 is 0. The summed E-state index contributed by atoms with van der Waals surface area (Å²) in [6.45, 7) is -2.66. The molecule has 0 aliphatic carbocycles. The lowest BCUT2D eigenvalue weighted by Gasteiger charge is -2.20. The molecule has 0 aliphatic heterocycles. The average Bonchev–Trinajstić information content (AvgIpc) is 1.56. The van der Waals surface area contributed by atoms with Crippen LogP contribution >= 0.6 is 0 Å². The number of rotatable bonds is 2. The molecule has 0 aromatic heterocycles. The van der Waals surface area contributed by atoms with Crippen molar-refractivity contribution in [2.75, 3.05) is 27.6 Å². The van der Waals surface area contributed by atoms with Crippen molar-refractivity contribution in [3.63, 3.8) is 0 Å². The summed E-state index contributed by atoms with van der Waals surface area (Å²) in [5.74, 6) is -1.11. The number of nitrogens with zero attached hydrogens (tertiary/aromatic N) is 1. The maximum atomic E-state index is 10.2. The third kappa shape index (κ3) is 5.43. The van der Waals surface area contributed by atoms with Crippen LogP contribution in [-0.2, 0) is 4.79 Å². The largest absolute Gasteiger partial charge is 0.477 e. The molecule has 3 nitrogen and oxygen atoms in total. The van der Waals surface area contributed by atoms with Gasteiger partial charge in [0.25, 0.3) is 0 Å². The Morgan fingerprint density at radius 3 is 2.50 bits per heavy atom. The molecule has 0 aromatic carbocycles. The highest BCUT2D eigenvalue weighted by molar-refractivity contribution is 5.67. The van der Waals surface area contributed by atoms with Crippen LogP contribution in [0.3, 0.4) is 0 Å². The smallest absolute Gasteiger partial charge is 0.359 e. The van der Waals surface area contributed by atoms with Gasteiger partial charge in [0.2, 0.25) is 0 Å². The Morgan fingerprint density at radius 2 is 2.38 bits per heavy atom. The molecule has 0 fully saturated rings. The van der Waals surface area contributed by atoms with Crippen LogP contribution < -0.4 is 0 Å². The molecule has 0 spiro atoms. The van der Waals surface area contributed by atoms with E-state index < -0.39 is 24.0 Å². The summed E-state index contributed by atoms with van der Waals surface area (Å²) in [4.78, 5) is 10.2. The molecule has 8 heavy (non-hydrogen) atoms. The van der Waals surface area contributed by atoms with Crippen molar-refractivity contribution in [2.24, 2.45) is 0 Å². The standard InChI is InChI=1S/C5H11NO2/c1-6(2,3)4-5(7)8/h4H2,1-3H3/p+1/i1D3. The van der Waals surface area contributed by atoms with E-state index in [1.807, 2.05) is 0 Å². The van der Waals surface area contributed by atoms with E-state index in [0.29, 0.717) is 0 Å². The second kappa shape index (κ2) is 2.13. The molecule has 0 atom stereocenters. The lowest BCUT2D eigenvalue weighted by molar-refractivity contribution is -0.862. The van der Waals surface area contributed by atoms with E-state index in [1.54, 1.807) is 0 Å². The zero-order valence-corrected chi connectivity index (χ0v) is 5.01. The van der Waals surface area contributed by atoms with Gasteiger partial charge in [-0.2, -0.15) is 0 Å². The maximum Gasteiger partial charge on any atom is 0.359 e. The minimum atomic E-state index is -2.27. The summed E-state index contributed by atoms with van der Waals surface area (Å²) in [7, 11) is 2.72. The molecular formula is C5H12NO2+. The highest BCUT2D eigenvalue weighted by Gasteiger charge is 2.11. The normalized spacial score (nSPS) is 18.5. The molecule has 0 saturated carbocycles. The van der Waals surface area contributed by atoms with E-state index in [2.05, 4.69) is 0 Å². The van der Waals surface area contributed by atoms with Crippen LogP contribution in [0.2, 0.25) is 0 Å². The quantitative estimate of drug-likeness (QED) is 0.513. The highest BCUT2D eigenvalue weighted by atomic mass is 16.4. The van der Waals surface area contributed by atoms with Gasteiger partial charge in [0.05, 0.1) is 25.2 Å². The zero-order chi connectivity index (χ0) is 9.28. The van der Waals surface area contributed by atoms with Crippen LogP contribution in [0.4, 0.5) is 0 Å². The van der Waals surface area contributed by atoms with E-state index >= 15 is 0 Å². The van der Waals surface area contributed by atoms with Crippen molar-refractivity contribution in [3.8, 4) is 0 Å². The van der Waals surface area contributed by atoms with Crippen molar-refractivity contribution in [1.82, 2.24) is 0 Å². The van der Waals surface area contributed by atoms with Crippen LogP contribution in [-0.4, -0.2) is 43.2 Å². The minimum Gasteiger partial charge on any atom is -0.477 e. The zero-order valence-electron chi connectivity index (χ0n) is 8.01. The van der Waals surface area contributed by atoms with Gasteiger partial charge in [0.1, 0.15) is 0 Å². The SMILES string of the molecule is [2H]C([2H])([2H])[N+](C)(C)CC(=O)O. The summed E-state index contributed by atoms with van der Waals surface area (Å²) < 4.78 is 20.4. The molecule has 0 heterocycles. The van der Waals surface area contributed by atoms with Gasteiger partial charge in [-0.25, -0.2) is 4.79 Å². The molecule has 0 radical (unpaired) electrons. The molecule has 0 unspecified atom stereocenters. The first-order valence-corrected chi connectivity index (χ1v) is 2.22. The molecule has 1 N–H and O–H groups in total. The summed E-state index contributed by atoms with van der Waals surface area (Å²) in [6, 6.07) is 0. The van der Waals surface area contributed by atoms with Crippen LogP contribution in [0.1, 0.15) is 4.11 Å². The first-order chi connectivity index (χ1) is 4.67. The Balaban J connectivity index is 4.34. The monoisotopic (exact) mass is 121 g/mol. The lowest BCUT2D eigenvalue weighted by atomic mass is 10.5. The number of carbonyl (C=O) groups is 1. The Labute approximate surface area is 53.3 Å². The van der Waals surface area contributed by atoms with Crippen molar-refractivity contribution < 1.29 is 18.5 Å². The van der Waals surface area contributed by atoms with Crippen molar-refractivity contribution >= 4 is 5.97 Å². The lowest BCUT2D eigenvalue weighted by Crippen LogP contribution is -2.39. The Hall–Kier alpha value is -0.570. The summed E-state index contributed by atoms with van der Waals surface area (Å²) in [5, 5.41) is 8.35. The number of carboxylic acid groups (broad SMARTS) is 1. The van der Waals surface area contributed by atoms with E-state index in [0.717, 1.165) is 0 Å². The van der Waals surface area contributed by atoms with Gasteiger partial charge in [-0.05, 0) is 0 Å².